The first-order chi connectivity index (χ1) is 12.1. The van der Waals surface area contributed by atoms with Crippen LogP contribution in [0, 0.1) is 5.92 Å². The summed E-state index contributed by atoms with van der Waals surface area (Å²) in [6, 6.07) is 6.81. The summed E-state index contributed by atoms with van der Waals surface area (Å²) in [5, 5.41) is 20.2. The number of ether oxygens (including phenoxy) is 2. The van der Waals surface area contributed by atoms with Gasteiger partial charge < -0.3 is 24.6 Å². The highest BCUT2D eigenvalue weighted by Gasteiger charge is 2.58. The number of nitrogens with zero attached hydrogens (tertiary/aromatic N) is 1. The van der Waals surface area contributed by atoms with Crippen molar-refractivity contribution in [2.45, 2.75) is 49.3 Å². The van der Waals surface area contributed by atoms with E-state index in [9.17, 15) is 5.11 Å². The number of hydrogen-bond donors (Lipinski definition) is 2. The van der Waals surface area contributed by atoms with E-state index in [4.69, 9.17) is 14.6 Å². The van der Waals surface area contributed by atoms with Gasteiger partial charge in [-0.25, -0.2) is 0 Å². The number of aliphatic hydroxyl groups excluding tert-OH is 2. The predicted molar refractivity (Wildman–Crippen MR) is 95.0 cm³/mol. The summed E-state index contributed by atoms with van der Waals surface area (Å²) in [5.74, 6) is 1.12. The van der Waals surface area contributed by atoms with Crippen molar-refractivity contribution in [3.8, 4) is 5.75 Å². The molecule has 0 spiro atoms. The van der Waals surface area contributed by atoms with Gasteiger partial charge >= 0.3 is 0 Å². The van der Waals surface area contributed by atoms with E-state index < -0.39 is 0 Å². The van der Waals surface area contributed by atoms with E-state index in [0.29, 0.717) is 19.1 Å². The lowest BCUT2D eigenvalue weighted by atomic mass is 9.51. The van der Waals surface area contributed by atoms with Crippen LogP contribution in [0.15, 0.2) is 18.2 Å². The van der Waals surface area contributed by atoms with Crippen LogP contribution in [0.25, 0.3) is 0 Å². The minimum absolute atomic E-state index is 0.000364. The lowest BCUT2D eigenvalue weighted by Gasteiger charge is -2.60. The fourth-order valence-electron chi connectivity index (χ4n) is 5.72. The molecule has 5 heteroatoms. The molecular weight excluding hydrogens is 318 g/mol. The zero-order valence-corrected chi connectivity index (χ0v) is 15.1. The first-order valence-electron chi connectivity index (χ1n) is 9.37. The van der Waals surface area contributed by atoms with Crippen LogP contribution in [0.2, 0.25) is 0 Å². The van der Waals surface area contributed by atoms with Crippen molar-refractivity contribution in [1.29, 1.82) is 0 Å². The van der Waals surface area contributed by atoms with Gasteiger partial charge in [-0.15, -0.1) is 0 Å². The zero-order chi connectivity index (χ0) is 17.6. The number of rotatable bonds is 4. The van der Waals surface area contributed by atoms with Gasteiger partial charge in [-0.2, -0.15) is 0 Å². The molecule has 2 fully saturated rings. The Labute approximate surface area is 149 Å². The average molecular weight is 347 g/mol. The molecule has 0 radical (unpaired) electrons. The van der Waals surface area contributed by atoms with Crippen LogP contribution >= 0.6 is 0 Å². The smallest absolute Gasteiger partial charge is 0.119 e. The summed E-state index contributed by atoms with van der Waals surface area (Å²) in [6.07, 6.45) is 3.22. The van der Waals surface area contributed by atoms with Crippen molar-refractivity contribution in [3.63, 3.8) is 0 Å². The number of likely N-dealkylation sites (tertiary alicyclic amines) is 1. The van der Waals surface area contributed by atoms with E-state index in [2.05, 4.69) is 24.1 Å². The van der Waals surface area contributed by atoms with Crippen molar-refractivity contribution in [1.82, 2.24) is 4.90 Å². The second kappa shape index (κ2) is 6.54. The second-order valence-corrected chi connectivity index (χ2v) is 7.93. The molecule has 1 aromatic rings. The first kappa shape index (κ1) is 17.3. The maximum atomic E-state index is 11.0. The summed E-state index contributed by atoms with van der Waals surface area (Å²) in [4.78, 5) is 2.42. The molecule has 2 aliphatic carbocycles. The average Bonchev–Trinajstić information content (AvgIpc) is 2.62. The Balaban J connectivity index is 1.79. The van der Waals surface area contributed by atoms with Crippen molar-refractivity contribution in [2.24, 2.45) is 5.92 Å². The Hall–Kier alpha value is -1.14. The summed E-state index contributed by atoms with van der Waals surface area (Å²) in [7, 11) is 3.89. The number of aliphatic hydroxyl groups is 2. The quantitative estimate of drug-likeness (QED) is 0.861. The highest BCUT2D eigenvalue weighted by molar-refractivity contribution is 5.46. The second-order valence-electron chi connectivity index (χ2n) is 7.93. The maximum Gasteiger partial charge on any atom is 0.119 e. The topological polar surface area (TPSA) is 62.2 Å². The fraction of sp³-hybridized carbons (Fsp3) is 0.700. The molecule has 5 nitrogen and oxygen atoms in total. The van der Waals surface area contributed by atoms with E-state index in [1.54, 1.807) is 7.11 Å². The Bertz CT molecular complexity index is 636. The van der Waals surface area contributed by atoms with Crippen LogP contribution in [0.1, 0.15) is 30.4 Å². The molecule has 0 amide bonds. The van der Waals surface area contributed by atoms with Crippen LogP contribution in [0.5, 0.6) is 5.75 Å². The number of hydrogen-bond acceptors (Lipinski definition) is 5. The molecule has 2 N–H and O–H groups in total. The molecular formula is C20H29NO4. The highest BCUT2D eigenvalue weighted by atomic mass is 16.5. The summed E-state index contributed by atoms with van der Waals surface area (Å²) in [6.45, 7) is 1.41. The van der Waals surface area contributed by atoms with Crippen LogP contribution in [0.4, 0.5) is 0 Å². The highest BCUT2D eigenvalue weighted by Crippen LogP contribution is 2.56. The van der Waals surface area contributed by atoms with Gasteiger partial charge in [0.15, 0.2) is 0 Å². The third kappa shape index (κ3) is 2.69. The van der Waals surface area contributed by atoms with Gasteiger partial charge in [0, 0.05) is 17.4 Å². The summed E-state index contributed by atoms with van der Waals surface area (Å²) < 4.78 is 11.4. The molecule has 2 bridgehead atoms. The molecule has 1 heterocycles. The third-order valence-electron chi connectivity index (χ3n) is 6.77. The third-order valence-corrected chi connectivity index (χ3v) is 6.77. The minimum Gasteiger partial charge on any atom is -0.497 e. The van der Waals surface area contributed by atoms with Crippen LogP contribution < -0.4 is 4.74 Å². The van der Waals surface area contributed by atoms with Gasteiger partial charge in [-0.05, 0) is 62.5 Å². The molecule has 1 aromatic carbocycles. The summed E-state index contributed by atoms with van der Waals surface area (Å²) >= 11 is 0. The fourth-order valence-corrected chi connectivity index (χ4v) is 5.72. The zero-order valence-electron chi connectivity index (χ0n) is 15.1. The van der Waals surface area contributed by atoms with Crippen molar-refractivity contribution >= 4 is 0 Å². The normalized spacial score (nSPS) is 37.3. The molecule has 1 saturated heterocycles. The minimum atomic E-state index is -0.371. The molecule has 138 valence electrons. The van der Waals surface area contributed by atoms with Crippen LogP contribution in [-0.2, 0) is 16.6 Å². The molecule has 1 unspecified atom stereocenters. The van der Waals surface area contributed by atoms with Gasteiger partial charge in [0.05, 0.1) is 32.5 Å². The van der Waals surface area contributed by atoms with Crippen molar-refractivity contribution < 1.29 is 19.7 Å². The lowest BCUT2D eigenvalue weighted by molar-refractivity contribution is -0.127. The number of benzene rings is 1. The molecule has 5 atom stereocenters. The molecule has 3 aliphatic rings. The number of fused-ring (bicyclic) bond motifs is 1. The standard InChI is InChI=1S/C20H29NO4/c1-21-6-5-20-12-15(25-8-7-22)11-18(23)19(20)17(21)9-13-3-4-14(24-2)10-16(13)20/h3-4,10,15,17-19,22-23H,5-9,11-12H2,1-2H3/t15-,17+,18+,19-,20?/m0/s1. The monoisotopic (exact) mass is 347 g/mol. The maximum absolute atomic E-state index is 11.0. The Morgan fingerprint density at radius 2 is 2.20 bits per heavy atom. The van der Waals surface area contributed by atoms with E-state index in [1.807, 2.05) is 6.07 Å². The largest absolute Gasteiger partial charge is 0.497 e. The predicted octanol–water partition coefficient (Wildman–Crippen LogP) is 1.34. The SMILES string of the molecule is COc1ccc2c(c1)C13CCN(C)[C@H](C2)[C@H]1[C@H](O)C[C@H](OCCO)C3. The van der Waals surface area contributed by atoms with Crippen LogP contribution in [-0.4, -0.2) is 67.3 Å². The van der Waals surface area contributed by atoms with E-state index >= 15 is 0 Å². The van der Waals surface area contributed by atoms with Gasteiger partial charge in [0.2, 0.25) is 0 Å². The first-order valence-corrected chi connectivity index (χ1v) is 9.37. The van der Waals surface area contributed by atoms with Crippen molar-refractivity contribution in [3.05, 3.63) is 29.3 Å². The van der Waals surface area contributed by atoms with E-state index in [-0.39, 0.29) is 30.1 Å². The number of likely N-dealkylation sites (N-methyl/N-ethyl adjacent to an activating group) is 1. The molecule has 25 heavy (non-hydrogen) atoms. The summed E-state index contributed by atoms with van der Waals surface area (Å²) in [5.41, 5.74) is 2.66. The lowest BCUT2D eigenvalue weighted by Crippen LogP contribution is -2.65. The van der Waals surface area contributed by atoms with E-state index in [0.717, 1.165) is 31.6 Å². The molecule has 1 aliphatic heterocycles. The Morgan fingerprint density at radius 3 is 2.96 bits per heavy atom. The number of methoxy groups -OCH3 is 1. The van der Waals surface area contributed by atoms with E-state index in [1.165, 1.54) is 11.1 Å². The van der Waals surface area contributed by atoms with Crippen LogP contribution in [0.3, 0.4) is 0 Å². The van der Waals surface area contributed by atoms with Gasteiger partial charge in [-0.1, -0.05) is 6.07 Å². The van der Waals surface area contributed by atoms with Gasteiger partial charge in [-0.3, -0.25) is 0 Å². The molecule has 1 saturated carbocycles. The Kier molecular flexibility index (Phi) is 4.52. The van der Waals surface area contributed by atoms with Crippen molar-refractivity contribution in [2.75, 3.05) is 33.9 Å². The van der Waals surface area contributed by atoms with Gasteiger partial charge in [0.25, 0.3) is 0 Å². The van der Waals surface area contributed by atoms with Gasteiger partial charge in [0.1, 0.15) is 5.75 Å². The molecule has 0 aromatic heterocycles. The molecule has 4 rings (SSSR count). The number of piperidine rings is 1. The Morgan fingerprint density at radius 1 is 1.36 bits per heavy atom.